The second-order valence-corrected chi connectivity index (χ2v) is 8.42. The van der Waals surface area contributed by atoms with E-state index in [9.17, 15) is 4.79 Å². The Kier molecular flexibility index (Phi) is 4.67. The molecule has 0 aliphatic heterocycles. The van der Waals surface area contributed by atoms with E-state index in [1.54, 1.807) is 17.5 Å². The van der Waals surface area contributed by atoms with Crippen LogP contribution in [-0.4, -0.2) is 34.5 Å². The lowest BCUT2D eigenvalue weighted by Gasteiger charge is -2.18. The minimum absolute atomic E-state index is 0.117. The van der Waals surface area contributed by atoms with Crippen molar-refractivity contribution in [1.82, 2.24) is 19.9 Å². The van der Waals surface area contributed by atoms with E-state index in [-0.39, 0.29) is 11.9 Å². The van der Waals surface area contributed by atoms with Gasteiger partial charge in [-0.15, -0.1) is 11.3 Å². The molecule has 1 atom stereocenters. The van der Waals surface area contributed by atoms with Crippen molar-refractivity contribution in [2.45, 2.75) is 6.04 Å². The number of imidazole rings is 1. The largest absolute Gasteiger partial charge is 0.354 e. The van der Waals surface area contributed by atoms with E-state index in [4.69, 9.17) is 0 Å². The number of thiazole rings is 1. The van der Waals surface area contributed by atoms with E-state index in [0.29, 0.717) is 4.88 Å². The van der Waals surface area contributed by atoms with E-state index in [0.717, 1.165) is 26.0 Å². The molecule has 1 amide bonds. The van der Waals surface area contributed by atoms with Crippen molar-refractivity contribution in [3.63, 3.8) is 0 Å². The predicted molar refractivity (Wildman–Crippen MR) is 111 cm³/mol. The Bertz CT molecular complexity index is 1050. The van der Waals surface area contributed by atoms with E-state index in [1.165, 1.54) is 11.3 Å². The summed E-state index contributed by atoms with van der Waals surface area (Å²) in [7, 11) is 5.86. The quantitative estimate of drug-likeness (QED) is 0.558. The van der Waals surface area contributed by atoms with Gasteiger partial charge in [0.2, 0.25) is 0 Å². The zero-order valence-corrected chi connectivity index (χ0v) is 16.8. The van der Waals surface area contributed by atoms with Crippen LogP contribution in [0.1, 0.15) is 27.1 Å². The molecule has 0 bridgehead atoms. The number of benzene rings is 1. The number of amides is 1. The highest BCUT2D eigenvalue weighted by Gasteiger charge is 2.23. The zero-order chi connectivity index (χ0) is 19.0. The molecular weight excluding hydrogens is 378 g/mol. The van der Waals surface area contributed by atoms with Gasteiger partial charge in [0.1, 0.15) is 16.7 Å². The fourth-order valence-corrected chi connectivity index (χ4v) is 4.86. The van der Waals surface area contributed by atoms with Gasteiger partial charge in [0.25, 0.3) is 5.91 Å². The molecule has 0 aliphatic carbocycles. The van der Waals surface area contributed by atoms with Crippen molar-refractivity contribution >= 4 is 43.2 Å². The van der Waals surface area contributed by atoms with Crippen molar-refractivity contribution in [2.24, 2.45) is 7.05 Å². The second-order valence-electron chi connectivity index (χ2n) is 6.38. The van der Waals surface area contributed by atoms with Crippen molar-refractivity contribution in [3.05, 3.63) is 65.1 Å². The van der Waals surface area contributed by atoms with Crippen molar-refractivity contribution in [1.29, 1.82) is 0 Å². The summed E-state index contributed by atoms with van der Waals surface area (Å²) in [6.07, 6.45) is 3.62. The Hall–Kier alpha value is -2.71. The minimum Gasteiger partial charge on any atom is -0.354 e. The molecule has 8 heteroatoms. The van der Waals surface area contributed by atoms with Crippen molar-refractivity contribution in [3.8, 4) is 0 Å². The number of carbonyl (C=O) groups is 1. The molecule has 6 nitrogen and oxygen atoms in total. The van der Waals surface area contributed by atoms with Crippen LogP contribution in [-0.2, 0) is 7.05 Å². The molecule has 4 rings (SSSR count). The summed E-state index contributed by atoms with van der Waals surface area (Å²) in [4.78, 5) is 25.5. The number of fused-ring (bicyclic) bond motifs is 1. The Morgan fingerprint density at radius 2 is 2.00 bits per heavy atom. The third-order valence-electron chi connectivity index (χ3n) is 4.21. The number of aryl methyl sites for hydroxylation is 1. The van der Waals surface area contributed by atoms with Crippen molar-refractivity contribution in [2.75, 3.05) is 19.0 Å². The standard InChI is InChI=1S/C19H19N5OS2/c1-23(2)19-22-18-14(27-19)11-13(26-18)17(25)21-15(12-7-5-4-6-8-12)16-20-9-10-24(16)3/h4-11,15H,1-3H3,(H,21,25). The first-order valence-corrected chi connectivity index (χ1v) is 10.1. The Balaban J connectivity index is 1.64. The summed E-state index contributed by atoms with van der Waals surface area (Å²) >= 11 is 3.00. The summed E-state index contributed by atoms with van der Waals surface area (Å²) in [6, 6.07) is 11.5. The van der Waals surface area contributed by atoms with E-state index in [2.05, 4.69) is 15.3 Å². The molecule has 27 heavy (non-hydrogen) atoms. The molecule has 4 aromatic rings. The topological polar surface area (TPSA) is 63.1 Å². The molecule has 3 aromatic heterocycles. The van der Waals surface area contributed by atoms with Gasteiger partial charge >= 0.3 is 0 Å². The Labute approximate surface area is 165 Å². The normalized spacial score (nSPS) is 12.3. The maximum absolute atomic E-state index is 13.0. The lowest BCUT2D eigenvalue weighted by molar-refractivity contribution is 0.0945. The molecule has 0 saturated heterocycles. The van der Waals surface area contributed by atoms with Gasteiger partial charge < -0.3 is 14.8 Å². The fourth-order valence-electron chi connectivity index (χ4n) is 2.83. The summed E-state index contributed by atoms with van der Waals surface area (Å²) in [5.74, 6) is 0.675. The predicted octanol–water partition coefficient (Wildman–Crippen LogP) is 3.68. The molecule has 138 valence electrons. The average Bonchev–Trinajstić information content (AvgIpc) is 3.34. The first-order chi connectivity index (χ1) is 13.0. The maximum atomic E-state index is 13.0. The lowest BCUT2D eigenvalue weighted by Crippen LogP contribution is -2.30. The van der Waals surface area contributed by atoms with Gasteiger partial charge in [-0.3, -0.25) is 4.79 Å². The number of hydrogen-bond acceptors (Lipinski definition) is 6. The molecule has 1 N–H and O–H groups in total. The smallest absolute Gasteiger partial charge is 0.262 e. The highest BCUT2D eigenvalue weighted by molar-refractivity contribution is 7.29. The number of thiophene rings is 1. The number of rotatable bonds is 5. The molecule has 0 spiro atoms. The van der Waals surface area contributed by atoms with Crippen LogP contribution in [0, 0.1) is 0 Å². The van der Waals surface area contributed by atoms with Crippen molar-refractivity contribution < 1.29 is 4.79 Å². The lowest BCUT2D eigenvalue weighted by atomic mass is 10.1. The monoisotopic (exact) mass is 397 g/mol. The highest BCUT2D eigenvalue weighted by Crippen LogP contribution is 2.34. The highest BCUT2D eigenvalue weighted by atomic mass is 32.1. The van der Waals surface area contributed by atoms with Crippen LogP contribution in [0.5, 0.6) is 0 Å². The molecule has 0 saturated carbocycles. The van der Waals surface area contributed by atoms with Crippen LogP contribution in [0.4, 0.5) is 5.13 Å². The van der Waals surface area contributed by atoms with Gasteiger partial charge in [0, 0.05) is 33.5 Å². The van der Waals surface area contributed by atoms with Gasteiger partial charge in [0.05, 0.1) is 9.58 Å². The van der Waals surface area contributed by atoms with Gasteiger partial charge in [-0.05, 0) is 11.6 Å². The number of anilines is 1. The SMILES string of the molecule is CN(C)c1nc2sc(C(=O)NC(c3ccccc3)c3nccn3C)cc2s1. The molecule has 0 radical (unpaired) electrons. The summed E-state index contributed by atoms with van der Waals surface area (Å²) in [6.45, 7) is 0. The van der Waals surface area contributed by atoms with Crippen LogP contribution >= 0.6 is 22.7 Å². The van der Waals surface area contributed by atoms with Gasteiger partial charge in [-0.25, -0.2) is 9.97 Å². The number of aromatic nitrogens is 3. The number of hydrogen-bond donors (Lipinski definition) is 1. The Morgan fingerprint density at radius 1 is 1.22 bits per heavy atom. The first kappa shape index (κ1) is 17.7. The summed E-state index contributed by atoms with van der Waals surface area (Å²) < 4.78 is 2.96. The molecule has 1 unspecified atom stereocenters. The fraction of sp³-hybridized carbons (Fsp3) is 0.211. The van der Waals surface area contributed by atoms with Crippen LogP contribution in [0.2, 0.25) is 0 Å². The van der Waals surface area contributed by atoms with Crippen LogP contribution in [0.3, 0.4) is 0 Å². The number of nitrogens with zero attached hydrogens (tertiary/aromatic N) is 4. The third kappa shape index (κ3) is 3.45. The van der Waals surface area contributed by atoms with Crippen LogP contribution < -0.4 is 10.2 Å². The van der Waals surface area contributed by atoms with Gasteiger partial charge in [0.15, 0.2) is 5.13 Å². The number of nitrogens with one attached hydrogen (secondary N) is 1. The molecule has 1 aromatic carbocycles. The van der Waals surface area contributed by atoms with Crippen LogP contribution in [0.25, 0.3) is 9.53 Å². The van der Waals surface area contributed by atoms with E-state index in [1.807, 2.05) is 73.2 Å². The molecule has 0 fully saturated rings. The third-order valence-corrected chi connectivity index (χ3v) is 6.54. The van der Waals surface area contributed by atoms with Gasteiger partial charge in [-0.2, -0.15) is 0 Å². The molecular formula is C19H19N5OS2. The first-order valence-electron chi connectivity index (χ1n) is 8.43. The number of carbonyl (C=O) groups excluding carboxylic acids is 1. The maximum Gasteiger partial charge on any atom is 0.262 e. The molecule has 3 heterocycles. The summed E-state index contributed by atoms with van der Waals surface area (Å²) in [5, 5.41) is 4.08. The van der Waals surface area contributed by atoms with Crippen LogP contribution in [0.15, 0.2) is 48.8 Å². The Morgan fingerprint density at radius 3 is 2.63 bits per heavy atom. The second kappa shape index (κ2) is 7.13. The van der Waals surface area contributed by atoms with E-state index >= 15 is 0 Å². The van der Waals surface area contributed by atoms with E-state index < -0.39 is 0 Å². The molecule has 0 aliphatic rings. The zero-order valence-electron chi connectivity index (χ0n) is 15.2. The average molecular weight is 398 g/mol. The minimum atomic E-state index is -0.316. The summed E-state index contributed by atoms with van der Waals surface area (Å²) in [5.41, 5.74) is 0.992. The van der Waals surface area contributed by atoms with Gasteiger partial charge in [-0.1, -0.05) is 41.7 Å².